The highest BCUT2D eigenvalue weighted by atomic mass is 35.5. The smallest absolute Gasteiger partial charge is 0.319 e. The highest BCUT2D eigenvalue weighted by molar-refractivity contribution is 7.91. The molecule has 0 aliphatic rings. The predicted octanol–water partition coefficient (Wildman–Crippen LogP) is 3.63. The third-order valence-corrected chi connectivity index (χ3v) is 6.90. The molecule has 10 heteroatoms. The molecule has 0 saturated heterocycles. The number of sulfonamides is 1. The van der Waals surface area contributed by atoms with E-state index in [1.807, 2.05) is 0 Å². The van der Waals surface area contributed by atoms with E-state index in [4.69, 9.17) is 23.2 Å². The maximum absolute atomic E-state index is 12.0. The van der Waals surface area contributed by atoms with Gasteiger partial charge in [-0.05, 0) is 30.3 Å². The second-order valence-corrected chi connectivity index (χ2v) is 9.33. The van der Waals surface area contributed by atoms with Gasteiger partial charge in [-0.15, -0.1) is 11.3 Å². The van der Waals surface area contributed by atoms with Crippen molar-refractivity contribution in [3.8, 4) is 0 Å². The van der Waals surface area contributed by atoms with Crippen molar-refractivity contribution in [2.24, 2.45) is 0 Å². The maximum atomic E-state index is 12.0. The lowest BCUT2D eigenvalue weighted by atomic mass is 10.3. The van der Waals surface area contributed by atoms with E-state index in [1.54, 1.807) is 18.2 Å². The Morgan fingerprint density at radius 2 is 1.92 bits per heavy atom. The van der Waals surface area contributed by atoms with Crippen LogP contribution < -0.4 is 10.6 Å². The van der Waals surface area contributed by atoms with Crippen LogP contribution in [0, 0.1) is 0 Å². The normalized spacial score (nSPS) is 11.5. The Labute approximate surface area is 154 Å². The Morgan fingerprint density at radius 1 is 1.21 bits per heavy atom. The van der Waals surface area contributed by atoms with Gasteiger partial charge in [0.05, 0.1) is 17.3 Å². The van der Waals surface area contributed by atoms with Crippen molar-refractivity contribution in [2.75, 3.05) is 19.4 Å². The Kier molecular flexibility index (Phi) is 6.11. The first kappa shape index (κ1) is 19.0. The standard InChI is InChI=1S/C14H15Cl2N3O3S2/c1-19(2)24(21,22)13-6-4-10(23-13)8-17-14(20)18-12-7-9(15)3-5-11(12)16/h3-7H,8H2,1-2H3,(H2,17,18,20). The van der Waals surface area contributed by atoms with Crippen molar-refractivity contribution >= 4 is 56.3 Å². The molecule has 0 unspecified atom stereocenters. The molecule has 0 aliphatic heterocycles. The molecule has 2 rings (SSSR count). The van der Waals surface area contributed by atoms with Crippen LogP contribution in [0.25, 0.3) is 0 Å². The lowest BCUT2D eigenvalue weighted by Crippen LogP contribution is -2.28. The minimum Gasteiger partial charge on any atom is -0.333 e. The maximum Gasteiger partial charge on any atom is 0.319 e. The zero-order valence-corrected chi connectivity index (χ0v) is 16.0. The molecular formula is C14H15Cl2N3O3S2. The van der Waals surface area contributed by atoms with E-state index in [0.29, 0.717) is 20.6 Å². The molecule has 6 nitrogen and oxygen atoms in total. The third kappa shape index (κ3) is 4.61. The van der Waals surface area contributed by atoms with Crippen molar-refractivity contribution in [1.82, 2.24) is 9.62 Å². The molecule has 1 aromatic heterocycles. The Bertz CT molecular complexity index is 851. The van der Waals surface area contributed by atoms with Crippen molar-refractivity contribution in [3.63, 3.8) is 0 Å². The first-order valence-corrected chi connectivity index (χ1v) is 9.72. The Balaban J connectivity index is 1.98. The SMILES string of the molecule is CN(C)S(=O)(=O)c1ccc(CNC(=O)Nc2cc(Cl)ccc2Cl)s1. The third-order valence-electron chi connectivity index (χ3n) is 2.97. The molecule has 0 spiro atoms. The van der Waals surface area contributed by atoms with Crippen molar-refractivity contribution < 1.29 is 13.2 Å². The van der Waals surface area contributed by atoms with Gasteiger partial charge >= 0.3 is 6.03 Å². The second kappa shape index (κ2) is 7.71. The van der Waals surface area contributed by atoms with E-state index in [2.05, 4.69) is 10.6 Å². The van der Waals surface area contributed by atoms with Gasteiger partial charge < -0.3 is 10.6 Å². The molecule has 0 atom stereocenters. The number of urea groups is 1. The number of hydrogen-bond donors (Lipinski definition) is 2. The van der Waals surface area contributed by atoms with Crippen LogP contribution in [0.2, 0.25) is 10.0 Å². The number of nitrogens with zero attached hydrogens (tertiary/aromatic N) is 1. The van der Waals surface area contributed by atoms with Gasteiger partial charge in [-0.1, -0.05) is 23.2 Å². The molecule has 2 amide bonds. The summed E-state index contributed by atoms with van der Waals surface area (Å²) in [6, 6.07) is 7.44. The van der Waals surface area contributed by atoms with E-state index in [0.717, 1.165) is 15.6 Å². The molecule has 130 valence electrons. The molecule has 24 heavy (non-hydrogen) atoms. The fraction of sp³-hybridized carbons (Fsp3) is 0.214. The number of thiophene rings is 1. The van der Waals surface area contributed by atoms with Crippen molar-refractivity contribution in [1.29, 1.82) is 0 Å². The van der Waals surface area contributed by atoms with E-state index in [-0.39, 0.29) is 10.8 Å². The first-order chi connectivity index (χ1) is 11.2. The second-order valence-electron chi connectivity index (χ2n) is 4.94. The number of nitrogens with one attached hydrogen (secondary N) is 2. The van der Waals surface area contributed by atoms with Crippen LogP contribution in [0.15, 0.2) is 34.5 Å². The van der Waals surface area contributed by atoms with E-state index >= 15 is 0 Å². The summed E-state index contributed by atoms with van der Waals surface area (Å²) < 4.78 is 25.4. The predicted molar refractivity (Wildman–Crippen MR) is 97.5 cm³/mol. The fourth-order valence-corrected chi connectivity index (χ4v) is 4.50. The van der Waals surface area contributed by atoms with Crippen LogP contribution in [0.5, 0.6) is 0 Å². The van der Waals surface area contributed by atoms with Crippen LogP contribution in [0.1, 0.15) is 4.88 Å². The van der Waals surface area contributed by atoms with E-state index in [9.17, 15) is 13.2 Å². The summed E-state index contributed by atoms with van der Waals surface area (Å²) in [5.41, 5.74) is 0.392. The molecular weight excluding hydrogens is 393 g/mol. The monoisotopic (exact) mass is 407 g/mol. The van der Waals surface area contributed by atoms with Gasteiger partial charge in [-0.25, -0.2) is 17.5 Å². The number of carbonyl (C=O) groups is 1. The summed E-state index contributed by atoms with van der Waals surface area (Å²) in [7, 11) is -0.527. The van der Waals surface area contributed by atoms with E-state index < -0.39 is 16.1 Å². The molecule has 0 radical (unpaired) electrons. The number of benzene rings is 1. The summed E-state index contributed by atoms with van der Waals surface area (Å²) in [6.45, 7) is 0.192. The van der Waals surface area contributed by atoms with Crippen molar-refractivity contribution in [2.45, 2.75) is 10.8 Å². The first-order valence-electron chi connectivity index (χ1n) is 6.71. The minimum absolute atomic E-state index is 0.192. The van der Waals surface area contributed by atoms with Crippen LogP contribution in [0.4, 0.5) is 10.5 Å². The number of halogens is 2. The quantitative estimate of drug-likeness (QED) is 0.793. The van der Waals surface area contributed by atoms with Gasteiger partial charge in [-0.2, -0.15) is 0 Å². The van der Waals surface area contributed by atoms with E-state index in [1.165, 1.54) is 26.2 Å². The van der Waals surface area contributed by atoms with Gasteiger partial charge in [-0.3, -0.25) is 0 Å². The molecule has 0 bridgehead atoms. The summed E-state index contributed by atoms with van der Waals surface area (Å²) in [4.78, 5) is 12.6. The lowest BCUT2D eigenvalue weighted by molar-refractivity contribution is 0.252. The number of amides is 2. The zero-order valence-electron chi connectivity index (χ0n) is 12.8. The summed E-state index contributed by atoms with van der Waals surface area (Å²) in [6.07, 6.45) is 0. The van der Waals surface area contributed by atoms with Crippen LogP contribution in [0.3, 0.4) is 0 Å². The number of carbonyl (C=O) groups excluding carboxylic acids is 1. The van der Waals surface area contributed by atoms with Crippen LogP contribution in [-0.2, 0) is 16.6 Å². The number of rotatable bonds is 5. The molecule has 2 aromatic rings. The lowest BCUT2D eigenvalue weighted by Gasteiger charge is -2.09. The average molecular weight is 408 g/mol. The van der Waals surface area contributed by atoms with Gasteiger partial charge in [0.15, 0.2) is 0 Å². The van der Waals surface area contributed by atoms with Crippen LogP contribution >= 0.6 is 34.5 Å². The topological polar surface area (TPSA) is 78.5 Å². The highest BCUT2D eigenvalue weighted by Gasteiger charge is 2.19. The van der Waals surface area contributed by atoms with Gasteiger partial charge in [0, 0.05) is 24.0 Å². The molecule has 1 aromatic carbocycles. The summed E-state index contributed by atoms with van der Waals surface area (Å²) >= 11 is 12.9. The van der Waals surface area contributed by atoms with Gasteiger partial charge in [0.2, 0.25) is 0 Å². The number of hydrogen-bond acceptors (Lipinski definition) is 4. The largest absolute Gasteiger partial charge is 0.333 e. The average Bonchev–Trinajstić information content (AvgIpc) is 2.98. The van der Waals surface area contributed by atoms with Crippen LogP contribution in [-0.4, -0.2) is 32.8 Å². The zero-order chi connectivity index (χ0) is 17.9. The van der Waals surface area contributed by atoms with Gasteiger partial charge in [0.1, 0.15) is 4.21 Å². The highest BCUT2D eigenvalue weighted by Crippen LogP contribution is 2.26. The summed E-state index contributed by atoms with van der Waals surface area (Å²) in [5, 5.41) is 6.04. The molecule has 0 aliphatic carbocycles. The Hall–Kier alpha value is -1.32. The molecule has 0 saturated carbocycles. The van der Waals surface area contributed by atoms with Gasteiger partial charge in [0.25, 0.3) is 10.0 Å². The molecule has 1 heterocycles. The molecule has 0 fully saturated rings. The van der Waals surface area contributed by atoms with Crippen molar-refractivity contribution in [3.05, 3.63) is 45.3 Å². The number of anilines is 1. The molecule has 2 N–H and O–H groups in total. The summed E-state index contributed by atoms with van der Waals surface area (Å²) in [5.74, 6) is 0. The fourth-order valence-electron chi connectivity index (χ4n) is 1.70. The Morgan fingerprint density at radius 3 is 2.58 bits per heavy atom. The minimum atomic E-state index is -3.46.